The molecular formula is C11H19ClN2. The summed E-state index contributed by atoms with van der Waals surface area (Å²) in [4.78, 5) is 4.25. The van der Waals surface area contributed by atoms with Crippen molar-refractivity contribution in [1.29, 1.82) is 0 Å². The zero-order chi connectivity index (χ0) is 10.4. The minimum atomic E-state index is 0.0758. The minimum absolute atomic E-state index is 0.0758. The Bertz CT molecular complexity index is 258. The first-order chi connectivity index (χ1) is 6.75. The quantitative estimate of drug-likeness (QED) is 0.522. The number of unbranched alkanes of at least 4 members (excludes halogenated alkanes) is 3. The molecule has 1 aromatic heterocycles. The van der Waals surface area contributed by atoms with E-state index >= 15 is 0 Å². The summed E-state index contributed by atoms with van der Waals surface area (Å²) < 4.78 is 2.00. The molecule has 0 fully saturated rings. The maximum absolute atomic E-state index is 6.25. The number of halogens is 1. The first kappa shape index (κ1) is 11.6. The third kappa shape index (κ3) is 3.33. The van der Waals surface area contributed by atoms with E-state index in [0.717, 1.165) is 12.2 Å². The first-order valence-electron chi connectivity index (χ1n) is 5.37. The first-order valence-corrected chi connectivity index (χ1v) is 5.80. The van der Waals surface area contributed by atoms with Crippen LogP contribution in [0.15, 0.2) is 12.4 Å². The fraction of sp³-hybridized carbons (Fsp3) is 0.727. The molecule has 3 heteroatoms. The summed E-state index contributed by atoms with van der Waals surface area (Å²) in [7, 11) is 1.99. The smallest absolute Gasteiger partial charge is 0.126 e. The van der Waals surface area contributed by atoms with Gasteiger partial charge in [0.1, 0.15) is 5.82 Å². The topological polar surface area (TPSA) is 17.8 Å². The van der Waals surface area contributed by atoms with Gasteiger partial charge in [0.2, 0.25) is 0 Å². The van der Waals surface area contributed by atoms with Crippen molar-refractivity contribution >= 4 is 11.6 Å². The summed E-state index contributed by atoms with van der Waals surface area (Å²) >= 11 is 6.25. The maximum Gasteiger partial charge on any atom is 0.126 e. The fourth-order valence-electron chi connectivity index (χ4n) is 1.56. The van der Waals surface area contributed by atoms with Gasteiger partial charge >= 0.3 is 0 Å². The summed E-state index contributed by atoms with van der Waals surface area (Å²) in [5.74, 6) is 0.989. The summed E-state index contributed by atoms with van der Waals surface area (Å²) in [6.07, 6.45) is 9.85. The number of alkyl halides is 1. The molecule has 1 rings (SSSR count). The van der Waals surface area contributed by atoms with Gasteiger partial charge in [0.15, 0.2) is 0 Å². The number of hydrogen-bond acceptors (Lipinski definition) is 1. The monoisotopic (exact) mass is 214 g/mol. The molecule has 0 bridgehead atoms. The second-order valence-electron chi connectivity index (χ2n) is 3.71. The van der Waals surface area contributed by atoms with Crippen LogP contribution in [0.5, 0.6) is 0 Å². The van der Waals surface area contributed by atoms with Crippen LogP contribution >= 0.6 is 11.6 Å². The molecule has 1 atom stereocenters. The minimum Gasteiger partial charge on any atom is -0.337 e. The van der Waals surface area contributed by atoms with Gasteiger partial charge in [-0.3, -0.25) is 0 Å². The molecule has 0 spiro atoms. The molecule has 0 aliphatic heterocycles. The van der Waals surface area contributed by atoms with Gasteiger partial charge in [-0.2, -0.15) is 0 Å². The second kappa shape index (κ2) is 6.07. The number of nitrogens with zero attached hydrogens (tertiary/aromatic N) is 2. The van der Waals surface area contributed by atoms with Gasteiger partial charge < -0.3 is 4.57 Å². The highest BCUT2D eigenvalue weighted by atomic mass is 35.5. The third-order valence-corrected chi connectivity index (χ3v) is 2.86. The van der Waals surface area contributed by atoms with Crippen LogP contribution in [0.1, 0.15) is 50.2 Å². The number of hydrogen-bond donors (Lipinski definition) is 0. The number of rotatable bonds is 6. The molecule has 1 unspecified atom stereocenters. The van der Waals surface area contributed by atoms with E-state index in [1.807, 2.05) is 17.8 Å². The Morgan fingerprint density at radius 2 is 2.21 bits per heavy atom. The van der Waals surface area contributed by atoms with Crippen LogP contribution < -0.4 is 0 Å². The highest BCUT2D eigenvalue weighted by Gasteiger charge is 2.11. The van der Waals surface area contributed by atoms with Gasteiger partial charge in [-0.15, -0.1) is 11.6 Å². The predicted octanol–water partition coefficient (Wildman–Crippen LogP) is 3.67. The van der Waals surface area contributed by atoms with Crippen molar-refractivity contribution in [1.82, 2.24) is 9.55 Å². The molecule has 0 N–H and O–H groups in total. The van der Waals surface area contributed by atoms with Gasteiger partial charge in [0.05, 0.1) is 5.38 Å². The zero-order valence-electron chi connectivity index (χ0n) is 9.04. The van der Waals surface area contributed by atoms with Gasteiger partial charge in [-0.1, -0.05) is 32.6 Å². The van der Waals surface area contributed by atoms with E-state index in [0.29, 0.717) is 0 Å². The van der Waals surface area contributed by atoms with E-state index in [4.69, 9.17) is 11.6 Å². The largest absolute Gasteiger partial charge is 0.337 e. The van der Waals surface area contributed by atoms with Gasteiger partial charge in [0.25, 0.3) is 0 Å². The zero-order valence-corrected chi connectivity index (χ0v) is 9.80. The standard InChI is InChI=1S/C11H19ClN2/c1-3-4-5-6-7-10(12)11-13-8-9-14(11)2/h8-10H,3-7H2,1-2H3. The summed E-state index contributed by atoms with van der Waals surface area (Å²) in [6.45, 7) is 2.22. The van der Waals surface area contributed by atoms with Crippen molar-refractivity contribution < 1.29 is 0 Å². The van der Waals surface area contributed by atoms with Crippen LogP contribution in [-0.4, -0.2) is 9.55 Å². The SMILES string of the molecule is CCCCCCC(Cl)c1nccn1C. The van der Waals surface area contributed by atoms with Crippen molar-refractivity contribution in [2.75, 3.05) is 0 Å². The van der Waals surface area contributed by atoms with E-state index in [9.17, 15) is 0 Å². The second-order valence-corrected chi connectivity index (χ2v) is 4.24. The normalized spacial score (nSPS) is 13.1. The summed E-state index contributed by atoms with van der Waals surface area (Å²) in [5, 5.41) is 0.0758. The fourth-order valence-corrected chi connectivity index (χ4v) is 1.92. The Kier molecular flexibility index (Phi) is 5.02. The van der Waals surface area contributed by atoms with E-state index in [1.54, 1.807) is 6.20 Å². The molecular weight excluding hydrogens is 196 g/mol. The summed E-state index contributed by atoms with van der Waals surface area (Å²) in [6, 6.07) is 0. The molecule has 0 aliphatic carbocycles. The van der Waals surface area contributed by atoms with E-state index in [-0.39, 0.29) is 5.38 Å². The molecule has 0 aliphatic rings. The van der Waals surface area contributed by atoms with Crippen molar-refractivity contribution in [2.24, 2.45) is 7.05 Å². The maximum atomic E-state index is 6.25. The van der Waals surface area contributed by atoms with Crippen molar-refractivity contribution in [2.45, 2.75) is 44.4 Å². The van der Waals surface area contributed by atoms with Gasteiger partial charge in [-0.05, 0) is 6.42 Å². The Hall–Kier alpha value is -0.500. The number of imidazole rings is 1. The highest BCUT2D eigenvalue weighted by Crippen LogP contribution is 2.24. The summed E-state index contributed by atoms with van der Waals surface area (Å²) in [5.41, 5.74) is 0. The molecule has 0 saturated heterocycles. The van der Waals surface area contributed by atoms with E-state index < -0.39 is 0 Å². The lowest BCUT2D eigenvalue weighted by molar-refractivity contribution is 0.603. The number of aryl methyl sites for hydroxylation is 1. The van der Waals surface area contributed by atoms with Crippen LogP contribution in [0, 0.1) is 0 Å². The van der Waals surface area contributed by atoms with Crippen molar-refractivity contribution in [3.63, 3.8) is 0 Å². The predicted molar refractivity (Wildman–Crippen MR) is 60.6 cm³/mol. The van der Waals surface area contributed by atoms with E-state index in [1.165, 1.54) is 25.7 Å². The van der Waals surface area contributed by atoms with Crippen LogP contribution in [0.4, 0.5) is 0 Å². The van der Waals surface area contributed by atoms with Crippen LogP contribution in [-0.2, 0) is 7.05 Å². The third-order valence-electron chi connectivity index (χ3n) is 2.45. The molecule has 2 nitrogen and oxygen atoms in total. The average molecular weight is 215 g/mol. The highest BCUT2D eigenvalue weighted by molar-refractivity contribution is 6.20. The lowest BCUT2D eigenvalue weighted by atomic mass is 10.1. The van der Waals surface area contributed by atoms with Crippen molar-refractivity contribution in [3.8, 4) is 0 Å². The van der Waals surface area contributed by atoms with Crippen LogP contribution in [0.3, 0.4) is 0 Å². The van der Waals surface area contributed by atoms with Crippen molar-refractivity contribution in [3.05, 3.63) is 18.2 Å². The molecule has 14 heavy (non-hydrogen) atoms. The number of aromatic nitrogens is 2. The van der Waals surface area contributed by atoms with E-state index in [2.05, 4.69) is 11.9 Å². The molecule has 80 valence electrons. The van der Waals surface area contributed by atoms with Gasteiger partial charge in [-0.25, -0.2) is 4.98 Å². The lowest BCUT2D eigenvalue weighted by Gasteiger charge is -2.08. The van der Waals surface area contributed by atoms with Crippen LogP contribution in [0.25, 0.3) is 0 Å². The molecule has 0 radical (unpaired) electrons. The average Bonchev–Trinajstić information content (AvgIpc) is 2.59. The Morgan fingerprint density at radius 3 is 2.79 bits per heavy atom. The lowest BCUT2D eigenvalue weighted by Crippen LogP contribution is -2.00. The molecule has 0 aromatic carbocycles. The Balaban J connectivity index is 2.28. The van der Waals surface area contributed by atoms with Gasteiger partial charge in [0, 0.05) is 19.4 Å². The Labute approximate surface area is 91.3 Å². The molecule has 0 saturated carbocycles. The van der Waals surface area contributed by atoms with Crippen LogP contribution in [0.2, 0.25) is 0 Å². The molecule has 1 heterocycles. The molecule has 1 aromatic rings. The molecule has 0 amide bonds. The Morgan fingerprint density at radius 1 is 1.43 bits per heavy atom.